The molecule has 0 saturated carbocycles. The van der Waals surface area contributed by atoms with Gasteiger partial charge in [-0.15, -0.1) is 6.58 Å². The molecular formula is C7H11N. The fraction of sp³-hybridized carbons (Fsp3) is 0.286. The van der Waals surface area contributed by atoms with Crippen LogP contribution in [-0.2, 0) is 0 Å². The van der Waals surface area contributed by atoms with Crippen molar-refractivity contribution in [3.05, 3.63) is 25.3 Å². The molecule has 0 aliphatic heterocycles. The first-order valence-electron chi connectivity index (χ1n) is 2.63. The molecule has 0 radical (unpaired) electrons. The predicted octanol–water partition coefficient (Wildman–Crippen LogP) is 1.82. The molecule has 0 unspecified atom stereocenters. The van der Waals surface area contributed by atoms with Crippen molar-refractivity contribution in [1.29, 1.82) is 0 Å². The van der Waals surface area contributed by atoms with Crippen LogP contribution in [0.25, 0.3) is 0 Å². The summed E-state index contributed by atoms with van der Waals surface area (Å²) in [6.07, 6.45) is 6.16. The summed E-state index contributed by atoms with van der Waals surface area (Å²) in [5, 5.41) is 0. The maximum absolute atomic E-state index is 3.97. The van der Waals surface area contributed by atoms with Gasteiger partial charge in [0.2, 0.25) is 0 Å². The van der Waals surface area contributed by atoms with Gasteiger partial charge in [0.1, 0.15) is 0 Å². The van der Waals surface area contributed by atoms with Crippen LogP contribution >= 0.6 is 0 Å². The van der Waals surface area contributed by atoms with Crippen molar-refractivity contribution in [3.8, 4) is 0 Å². The summed E-state index contributed by atoms with van der Waals surface area (Å²) in [5.74, 6) is 0. The third-order valence-electron chi connectivity index (χ3n) is 0.673. The van der Waals surface area contributed by atoms with Crippen molar-refractivity contribution in [2.45, 2.75) is 6.42 Å². The fourth-order valence-corrected chi connectivity index (χ4v) is 0.315. The largest absolute Gasteiger partial charge is 0.293 e. The van der Waals surface area contributed by atoms with E-state index in [0.29, 0.717) is 0 Å². The highest BCUT2D eigenvalue weighted by molar-refractivity contribution is 5.69. The number of allylic oxidation sites excluding steroid dienone is 1. The van der Waals surface area contributed by atoms with E-state index in [0.717, 1.165) is 13.0 Å². The Morgan fingerprint density at radius 3 is 2.62 bits per heavy atom. The number of nitrogens with zero attached hydrogens (tertiary/aromatic N) is 1. The fourth-order valence-electron chi connectivity index (χ4n) is 0.315. The summed E-state index contributed by atoms with van der Waals surface area (Å²) in [5.41, 5.74) is 0. The molecule has 0 amide bonds. The van der Waals surface area contributed by atoms with Gasteiger partial charge in [0, 0.05) is 12.8 Å². The van der Waals surface area contributed by atoms with Crippen LogP contribution in [0.2, 0.25) is 0 Å². The summed E-state index contributed by atoms with van der Waals surface area (Å²) < 4.78 is 0. The summed E-state index contributed by atoms with van der Waals surface area (Å²) in [4.78, 5) is 3.97. The highest BCUT2D eigenvalue weighted by Crippen LogP contribution is 1.78. The maximum Gasteiger partial charge on any atom is 0.0423 e. The van der Waals surface area contributed by atoms with Gasteiger partial charge in [-0.2, -0.15) is 0 Å². The Bertz CT molecular complexity index is 92.6. The highest BCUT2D eigenvalue weighted by atomic mass is 14.7. The topological polar surface area (TPSA) is 12.4 Å². The van der Waals surface area contributed by atoms with E-state index in [1.165, 1.54) is 0 Å². The molecule has 1 nitrogen and oxygen atoms in total. The number of rotatable bonds is 4. The molecule has 44 valence electrons. The van der Waals surface area contributed by atoms with Gasteiger partial charge < -0.3 is 0 Å². The minimum absolute atomic E-state index is 0.829. The molecule has 0 bridgehead atoms. The lowest BCUT2D eigenvalue weighted by Crippen LogP contribution is -1.74. The van der Waals surface area contributed by atoms with Gasteiger partial charge >= 0.3 is 0 Å². The Kier molecular flexibility index (Phi) is 5.50. The molecule has 0 rings (SSSR count). The van der Waals surface area contributed by atoms with E-state index in [-0.39, 0.29) is 0 Å². The maximum atomic E-state index is 3.97. The van der Waals surface area contributed by atoms with Crippen molar-refractivity contribution in [1.82, 2.24) is 0 Å². The van der Waals surface area contributed by atoms with Crippen molar-refractivity contribution >= 4 is 6.21 Å². The first kappa shape index (κ1) is 7.15. The van der Waals surface area contributed by atoms with Crippen molar-refractivity contribution in [2.24, 2.45) is 4.99 Å². The monoisotopic (exact) mass is 109 g/mol. The standard InChI is InChI=1S/C7H11N/c1-3-5-7-8-6-4-2/h3-4,6H,1-2,5,7H2. The van der Waals surface area contributed by atoms with Crippen molar-refractivity contribution in [2.75, 3.05) is 6.54 Å². The van der Waals surface area contributed by atoms with E-state index in [1.54, 1.807) is 12.3 Å². The van der Waals surface area contributed by atoms with Crippen LogP contribution in [0.5, 0.6) is 0 Å². The zero-order chi connectivity index (χ0) is 6.24. The van der Waals surface area contributed by atoms with Gasteiger partial charge in [0.15, 0.2) is 0 Å². The van der Waals surface area contributed by atoms with E-state index in [2.05, 4.69) is 18.2 Å². The smallest absolute Gasteiger partial charge is 0.0423 e. The second kappa shape index (κ2) is 6.15. The molecule has 1 heteroatoms. The summed E-state index contributed by atoms with van der Waals surface area (Å²) in [6, 6.07) is 0. The van der Waals surface area contributed by atoms with Crippen LogP contribution in [0.1, 0.15) is 6.42 Å². The van der Waals surface area contributed by atoms with Gasteiger partial charge in [0.05, 0.1) is 0 Å². The van der Waals surface area contributed by atoms with Crippen LogP contribution in [-0.4, -0.2) is 12.8 Å². The molecule has 0 N–H and O–H groups in total. The second-order valence-corrected chi connectivity index (χ2v) is 1.37. The Morgan fingerprint density at radius 2 is 2.12 bits per heavy atom. The van der Waals surface area contributed by atoms with Crippen LogP contribution in [0.15, 0.2) is 30.3 Å². The van der Waals surface area contributed by atoms with E-state index >= 15 is 0 Å². The summed E-state index contributed by atoms with van der Waals surface area (Å²) >= 11 is 0. The molecule has 0 aromatic rings. The zero-order valence-corrected chi connectivity index (χ0v) is 5.01. The van der Waals surface area contributed by atoms with Crippen molar-refractivity contribution < 1.29 is 0 Å². The molecule has 0 fully saturated rings. The van der Waals surface area contributed by atoms with Gasteiger partial charge in [-0.1, -0.05) is 18.7 Å². The lowest BCUT2D eigenvalue weighted by Gasteiger charge is -1.81. The molecule has 0 spiro atoms. The number of hydrogen-bond acceptors (Lipinski definition) is 1. The highest BCUT2D eigenvalue weighted by Gasteiger charge is 1.69. The lowest BCUT2D eigenvalue weighted by molar-refractivity contribution is 1.02. The average molecular weight is 109 g/mol. The molecule has 0 atom stereocenters. The molecule has 0 aliphatic carbocycles. The average Bonchev–Trinajstić information content (AvgIpc) is 1.81. The summed E-state index contributed by atoms with van der Waals surface area (Å²) in [6.45, 7) is 7.87. The SMILES string of the molecule is C=CC=NCCC=C. The first-order valence-corrected chi connectivity index (χ1v) is 2.63. The molecule has 0 aromatic carbocycles. The molecule has 0 saturated heterocycles. The first-order chi connectivity index (χ1) is 3.91. The van der Waals surface area contributed by atoms with E-state index in [9.17, 15) is 0 Å². The van der Waals surface area contributed by atoms with Gasteiger partial charge in [-0.25, -0.2) is 0 Å². The third kappa shape index (κ3) is 5.15. The minimum Gasteiger partial charge on any atom is -0.293 e. The molecule has 0 aliphatic rings. The Morgan fingerprint density at radius 1 is 1.38 bits per heavy atom. The Labute approximate surface area is 50.4 Å². The molecule has 0 heterocycles. The Hall–Kier alpha value is -0.850. The molecule has 8 heavy (non-hydrogen) atoms. The van der Waals surface area contributed by atoms with Crippen LogP contribution in [0.4, 0.5) is 0 Å². The third-order valence-corrected chi connectivity index (χ3v) is 0.673. The lowest BCUT2D eigenvalue weighted by atomic mass is 10.4. The van der Waals surface area contributed by atoms with Gasteiger partial charge in [0.25, 0.3) is 0 Å². The number of aliphatic imine (C=N–C) groups is 1. The van der Waals surface area contributed by atoms with E-state index in [4.69, 9.17) is 0 Å². The van der Waals surface area contributed by atoms with Crippen LogP contribution < -0.4 is 0 Å². The molecular weight excluding hydrogens is 98.1 g/mol. The van der Waals surface area contributed by atoms with Gasteiger partial charge in [-0.3, -0.25) is 4.99 Å². The number of hydrogen-bond donors (Lipinski definition) is 0. The summed E-state index contributed by atoms with van der Waals surface area (Å²) in [7, 11) is 0. The minimum atomic E-state index is 0.829. The van der Waals surface area contributed by atoms with Crippen LogP contribution in [0, 0.1) is 0 Å². The normalized spacial score (nSPS) is 9.50. The Balaban J connectivity index is 3.02. The zero-order valence-electron chi connectivity index (χ0n) is 5.01. The molecule has 0 aromatic heterocycles. The van der Waals surface area contributed by atoms with E-state index in [1.807, 2.05) is 6.08 Å². The van der Waals surface area contributed by atoms with Crippen molar-refractivity contribution in [3.63, 3.8) is 0 Å². The predicted molar refractivity (Wildman–Crippen MR) is 38.4 cm³/mol. The second-order valence-electron chi connectivity index (χ2n) is 1.37. The van der Waals surface area contributed by atoms with Crippen LogP contribution in [0.3, 0.4) is 0 Å². The quantitative estimate of drug-likeness (QED) is 0.296. The van der Waals surface area contributed by atoms with Gasteiger partial charge in [-0.05, 0) is 6.42 Å². The van der Waals surface area contributed by atoms with E-state index < -0.39 is 0 Å².